The van der Waals surface area contributed by atoms with E-state index in [2.05, 4.69) is 21.9 Å². The van der Waals surface area contributed by atoms with Crippen molar-refractivity contribution in [2.45, 2.75) is 19.4 Å². The van der Waals surface area contributed by atoms with Crippen LogP contribution in [-0.4, -0.2) is 16.3 Å². The third-order valence-electron chi connectivity index (χ3n) is 3.23. The Bertz CT molecular complexity index is 724. The molecule has 0 atom stereocenters. The fourth-order valence-corrected chi connectivity index (χ4v) is 3.09. The second kappa shape index (κ2) is 6.45. The van der Waals surface area contributed by atoms with Gasteiger partial charge >= 0.3 is 0 Å². The molecule has 0 fully saturated rings. The van der Waals surface area contributed by atoms with E-state index in [4.69, 9.17) is 11.6 Å². The van der Waals surface area contributed by atoms with Crippen molar-refractivity contribution in [3.63, 3.8) is 0 Å². The highest BCUT2D eigenvalue weighted by Gasteiger charge is 2.08. The molecule has 3 heterocycles. The Kier molecular flexibility index (Phi) is 4.41. The van der Waals surface area contributed by atoms with E-state index in [9.17, 15) is 4.39 Å². The predicted molar refractivity (Wildman–Crippen MR) is 86.1 cm³/mol. The first-order valence-corrected chi connectivity index (χ1v) is 8.02. The van der Waals surface area contributed by atoms with Crippen molar-refractivity contribution in [3.05, 3.63) is 51.4 Å². The highest BCUT2D eigenvalue weighted by molar-refractivity contribution is 7.09. The van der Waals surface area contributed by atoms with Crippen LogP contribution in [0.15, 0.2) is 35.8 Å². The summed E-state index contributed by atoms with van der Waals surface area (Å²) in [7, 11) is 0. The maximum Gasteiger partial charge on any atom is 0.152 e. The van der Waals surface area contributed by atoms with Gasteiger partial charge in [0.05, 0.1) is 17.9 Å². The molecule has 0 bridgehead atoms. The van der Waals surface area contributed by atoms with Gasteiger partial charge < -0.3 is 5.32 Å². The lowest BCUT2D eigenvalue weighted by Gasteiger charge is -2.07. The SMILES string of the molecule is FCCCc1cc2c(NCc3cccs3)cc(Cl)nn2c1. The summed E-state index contributed by atoms with van der Waals surface area (Å²) in [5.74, 6) is 0. The van der Waals surface area contributed by atoms with E-state index in [1.54, 1.807) is 15.9 Å². The summed E-state index contributed by atoms with van der Waals surface area (Å²) in [5.41, 5.74) is 2.97. The van der Waals surface area contributed by atoms with E-state index in [1.807, 2.05) is 24.4 Å². The Morgan fingerprint density at radius 3 is 3.05 bits per heavy atom. The van der Waals surface area contributed by atoms with Gasteiger partial charge in [-0.05, 0) is 35.9 Å². The number of anilines is 1. The minimum absolute atomic E-state index is 0.302. The van der Waals surface area contributed by atoms with Crippen LogP contribution in [0.2, 0.25) is 5.15 Å². The molecule has 3 aromatic rings. The Hall–Kier alpha value is -1.59. The number of halogens is 2. The van der Waals surface area contributed by atoms with E-state index in [0.717, 1.165) is 23.3 Å². The van der Waals surface area contributed by atoms with E-state index in [1.165, 1.54) is 4.88 Å². The lowest BCUT2D eigenvalue weighted by Crippen LogP contribution is -2.01. The molecule has 0 aliphatic rings. The maximum absolute atomic E-state index is 12.3. The number of aromatic nitrogens is 2. The zero-order valence-corrected chi connectivity index (χ0v) is 12.9. The summed E-state index contributed by atoms with van der Waals surface area (Å²) in [5, 5.41) is 10.1. The van der Waals surface area contributed by atoms with E-state index >= 15 is 0 Å². The number of alkyl halides is 1. The van der Waals surface area contributed by atoms with Gasteiger partial charge in [-0.25, -0.2) is 4.52 Å². The van der Waals surface area contributed by atoms with Gasteiger partial charge in [0.1, 0.15) is 0 Å². The molecule has 0 radical (unpaired) electrons. The van der Waals surface area contributed by atoms with Crippen LogP contribution in [0.4, 0.5) is 10.1 Å². The summed E-state index contributed by atoms with van der Waals surface area (Å²) in [6.45, 7) is 0.447. The Morgan fingerprint density at radius 2 is 2.29 bits per heavy atom. The zero-order chi connectivity index (χ0) is 14.7. The number of nitrogens with zero attached hydrogens (tertiary/aromatic N) is 2. The van der Waals surface area contributed by atoms with Gasteiger partial charge in [-0.3, -0.25) is 4.39 Å². The van der Waals surface area contributed by atoms with Crippen LogP contribution in [0.5, 0.6) is 0 Å². The lowest BCUT2D eigenvalue weighted by atomic mass is 10.2. The number of thiophene rings is 1. The molecule has 6 heteroatoms. The van der Waals surface area contributed by atoms with Gasteiger partial charge in [-0.15, -0.1) is 11.3 Å². The van der Waals surface area contributed by atoms with Crippen molar-refractivity contribution in [1.82, 2.24) is 9.61 Å². The largest absolute Gasteiger partial charge is 0.378 e. The summed E-state index contributed by atoms with van der Waals surface area (Å²) in [6.07, 6.45) is 3.15. The van der Waals surface area contributed by atoms with Crippen LogP contribution in [0.3, 0.4) is 0 Å². The molecule has 0 spiro atoms. The standard InChI is InChI=1S/C15H15ClFN3S/c16-15-8-13(18-9-12-4-2-6-21-12)14-7-11(3-1-5-17)10-20(14)19-15/h2,4,6-8,10,18H,1,3,5,9H2. The molecular weight excluding hydrogens is 309 g/mol. The first-order chi connectivity index (χ1) is 10.3. The van der Waals surface area contributed by atoms with Gasteiger partial charge in [0.15, 0.2) is 5.15 Å². The second-order valence-corrected chi connectivity index (χ2v) is 6.20. The van der Waals surface area contributed by atoms with Gasteiger partial charge in [0.2, 0.25) is 0 Å². The highest BCUT2D eigenvalue weighted by Crippen LogP contribution is 2.24. The van der Waals surface area contributed by atoms with Gasteiger partial charge in [0, 0.05) is 23.7 Å². The molecule has 110 valence electrons. The summed E-state index contributed by atoms with van der Waals surface area (Å²) >= 11 is 7.78. The molecule has 0 aromatic carbocycles. The third-order valence-corrected chi connectivity index (χ3v) is 4.29. The third kappa shape index (κ3) is 3.36. The summed E-state index contributed by atoms with van der Waals surface area (Å²) in [6, 6.07) is 7.98. The number of rotatable bonds is 6. The fourth-order valence-electron chi connectivity index (χ4n) is 2.26. The number of nitrogens with one attached hydrogen (secondary N) is 1. The smallest absolute Gasteiger partial charge is 0.152 e. The molecule has 3 rings (SSSR count). The van der Waals surface area contributed by atoms with Crippen molar-refractivity contribution in [1.29, 1.82) is 0 Å². The molecule has 0 unspecified atom stereocenters. The molecule has 1 N–H and O–H groups in total. The Labute approximate surface area is 131 Å². The average molecular weight is 324 g/mol. The van der Waals surface area contributed by atoms with Crippen LogP contribution in [-0.2, 0) is 13.0 Å². The quantitative estimate of drug-likeness (QED) is 0.720. The molecular formula is C15H15ClFN3S. The van der Waals surface area contributed by atoms with Crippen molar-refractivity contribution < 1.29 is 4.39 Å². The average Bonchev–Trinajstić information content (AvgIpc) is 3.11. The maximum atomic E-state index is 12.3. The van der Waals surface area contributed by atoms with E-state index < -0.39 is 0 Å². The summed E-state index contributed by atoms with van der Waals surface area (Å²) in [4.78, 5) is 1.25. The highest BCUT2D eigenvalue weighted by atomic mass is 35.5. The Morgan fingerprint density at radius 1 is 1.38 bits per heavy atom. The molecule has 0 aliphatic heterocycles. The van der Waals surface area contributed by atoms with Crippen molar-refractivity contribution >= 4 is 34.1 Å². The van der Waals surface area contributed by atoms with E-state index in [-0.39, 0.29) is 6.67 Å². The van der Waals surface area contributed by atoms with Crippen LogP contribution in [0, 0.1) is 0 Å². The predicted octanol–water partition coefficient (Wildman–Crippen LogP) is 4.56. The fraction of sp³-hybridized carbons (Fsp3) is 0.267. The normalized spacial score (nSPS) is 11.1. The first kappa shape index (κ1) is 14.4. The number of aryl methyl sites for hydroxylation is 1. The van der Waals surface area contributed by atoms with Crippen molar-refractivity contribution in [3.8, 4) is 0 Å². The Balaban J connectivity index is 1.87. The second-order valence-electron chi connectivity index (χ2n) is 4.78. The zero-order valence-electron chi connectivity index (χ0n) is 11.4. The van der Waals surface area contributed by atoms with Crippen LogP contribution >= 0.6 is 22.9 Å². The molecule has 21 heavy (non-hydrogen) atoms. The van der Waals surface area contributed by atoms with Gasteiger partial charge in [0.25, 0.3) is 0 Å². The summed E-state index contributed by atoms with van der Waals surface area (Å²) < 4.78 is 14.1. The van der Waals surface area contributed by atoms with Crippen molar-refractivity contribution in [2.75, 3.05) is 12.0 Å². The first-order valence-electron chi connectivity index (χ1n) is 6.76. The topological polar surface area (TPSA) is 29.3 Å². The molecule has 0 saturated heterocycles. The van der Waals surface area contributed by atoms with Crippen LogP contribution in [0.1, 0.15) is 16.9 Å². The monoisotopic (exact) mass is 323 g/mol. The van der Waals surface area contributed by atoms with Crippen LogP contribution < -0.4 is 5.32 Å². The molecule has 0 aliphatic carbocycles. The van der Waals surface area contributed by atoms with Gasteiger partial charge in [-0.1, -0.05) is 17.7 Å². The van der Waals surface area contributed by atoms with Gasteiger partial charge in [-0.2, -0.15) is 5.10 Å². The number of fused-ring (bicyclic) bond motifs is 1. The number of hydrogen-bond donors (Lipinski definition) is 1. The minimum atomic E-state index is -0.302. The van der Waals surface area contributed by atoms with Crippen molar-refractivity contribution in [2.24, 2.45) is 0 Å². The number of hydrogen-bond acceptors (Lipinski definition) is 3. The molecule has 3 aromatic heterocycles. The molecule has 0 saturated carbocycles. The molecule has 3 nitrogen and oxygen atoms in total. The minimum Gasteiger partial charge on any atom is -0.378 e. The van der Waals surface area contributed by atoms with Crippen LogP contribution in [0.25, 0.3) is 5.52 Å². The molecule has 0 amide bonds. The lowest BCUT2D eigenvalue weighted by molar-refractivity contribution is 0.473. The van der Waals surface area contributed by atoms with E-state index in [0.29, 0.717) is 18.0 Å².